The van der Waals surface area contributed by atoms with Crippen molar-refractivity contribution in [1.29, 1.82) is 0 Å². The molecule has 16 heavy (non-hydrogen) atoms. The molecule has 9 heteroatoms. The maximum atomic E-state index is 13.1. The number of hydrogen-bond acceptors (Lipinski definition) is 6. The fourth-order valence-electron chi connectivity index (χ4n) is 1.11. The Bertz CT molecular complexity index is 488. The normalized spacial score (nSPS) is 21.2. The van der Waals surface area contributed by atoms with Crippen LogP contribution in [0.1, 0.15) is 5.82 Å². The van der Waals surface area contributed by atoms with Gasteiger partial charge >= 0.3 is 6.03 Å². The number of hydrogen-bond donors (Lipinski definition) is 1. The van der Waals surface area contributed by atoms with Crippen LogP contribution in [0.5, 0.6) is 0 Å². The number of carbonyl (C=O) groups excluding carboxylic acids is 3. The second-order valence-corrected chi connectivity index (χ2v) is 3.69. The number of carbonyl (C=O) groups is 3. The monoisotopic (exact) mass is 244 g/mol. The van der Waals surface area contributed by atoms with E-state index in [1.165, 1.54) is 0 Å². The summed E-state index contributed by atoms with van der Waals surface area (Å²) in [5, 5.41) is 1.65. The van der Waals surface area contributed by atoms with Gasteiger partial charge < -0.3 is 0 Å². The third kappa shape index (κ3) is 1.54. The Balaban J connectivity index is 2.37. The van der Waals surface area contributed by atoms with E-state index in [9.17, 15) is 18.8 Å². The Morgan fingerprint density at radius 2 is 2.12 bits per heavy atom. The zero-order chi connectivity index (χ0) is 11.9. The van der Waals surface area contributed by atoms with E-state index in [0.29, 0.717) is 10.7 Å². The number of halogens is 1. The molecule has 0 aliphatic carbocycles. The number of aromatic nitrogens is 2. The Kier molecular flexibility index (Phi) is 2.38. The Morgan fingerprint density at radius 1 is 1.44 bits per heavy atom. The van der Waals surface area contributed by atoms with Crippen molar-refractivity contribution in [2.24, 2.45) is 0 Å². The molecule has 1 N–H and O–H groups in total. The number of anilines is 1. The van der Waals surface area contributed by atoms with E-state index in [0.717, 1.165) is 11.5 Å². The molecule has 84 valence electrons. The van der Waals surface area contributed by atoms with Crippen LogP contribution >= 0.6 is 11.5 Å². The minimum Gasteiger partial charge on any atom is -0.274 e. The van der Waals surface area contributed by atoms with Crippen LogP contribution in [0.25, 0.3) is 0 Å². The van der Waals surface area contributed by atoms with E-state index >= 15 is 0 Å². The molecule has 1 aliphatic rings. The molecule has 0 saturated carbocycles. The minimum absolute atomic E-state index is 0.0600. The van der Waals surface area contributed by atoms with Crippen LogP contribution in [0.15, 0.2) is 0 Å². The molecule has 1 aliphatic heterocycles. The Hall–Kier alpha value is -1.90. The van der Waals surface area contributed by atoms with Crippen LogP contribution in [0.3, 0.4) is 0 Å². The summed E-state index contributed by atoms with van der Waals surface area (Å²) in [6.45, 7) is 1.56. The highest BCUT2D eigenvalue weighted by Crippen LogP contribution is 2.20. The van der Waals surface area contributed by atoms with Crippen molar-refractivity contribution in [2.45, 2.75) is 13.1 Å². The van der Waals surface area contributed by atoms with Crippen LogP contribution < -0.4 is 10.2 Å². The molecule has 2 rings (SSSR count). The Morgan fingerprint density at radius 3 is 2.69 bits per heavy atom. The standard InChI is InChI=1S/C7H5FN4O3S/c1-2-9-7(16-11-2)12-5(14)3(8)4(13)10-6(12)15/h3H,1H3,(H,10,13,15). The molecule has 2 heterocycles. The molecule has 0 aromatic carbocycles. The number of amides is 4. The first-order chi connectivity index (χ1) is 7.50. The Labute approximate surface area is 92.4 Å². The van der Waals surface area contributed by atoms with Gasteiger partial charge in [0.25, 0.3) is 18.0 Å². The van der Waals surface area contributed by atoms with Gasteiger partial charge in [-0.05, 0) is 6.92 Å². The summed E-state index contributed by atoms with van der Waals surface area (Å²) in [7, 11) is 0. The van der Waals surface area contributed by atoms with E-state index in [4.69, 9.17) is 0 Å². The van der Waals surface area contributed by atoms with E-state index in [1.54, 1.807) is 12.2 Å². The fourth-order valence-corrected chi connectivity index (χ4v) is 1.79. The topological polar surface area (TPSA) is 92.3 Å². The number of aryl methyl sites for hydroxylation is 1. The summed E-state index contributed by atoms with van der Waals surface area (Å²) in [5.41, 5.74) is 0. The molecule has 0 bridgehead atoms. The number of nitrogens with zero attached hydrogens (tertiary/aromatic N) is 3. The highest BCUT2D eigenvalue weighted by molar-refractivity contribution is 7.10. The van der Waals surface area contributed by atoms with Crippen LogP contribution in [0.4, 0.5) is 14.3 Å². The molecule has 0 spiro atoms. The molecule has 1 saturated heterocycles. The van der Waals surface area contributed by atoms with Gasteiger partial charge in [0.15, 0.2) is 0 Å². The van der Waals surface area contributed by atoms with Crippen molar-refractivity contribution < 1.29 is 18.8 Å². The SMILES string of the molecule is Cc1nsc(N2C(=O)NC(=O)C(F)C2=O)n1. The van der Waals surface area contributed by atoms with Crippen LogP contribution in [0, 0.1) is 6.92 Å². The van der Waals surface area contributed by atoms with E-state index in [2.05, 4.69) is 9.36 Å². The fraction of sp³-hybridized carbons (Fsp3) is 0.286. The van der Waals surface area contributed by atoms with Gasteiger partial charge in [0.05, 0.1) is 0 Å². The number of imide groups is 2. The average Bonchev–Trinajstić information content (AvgIpc) is 2.61. The molecular weight excluding hydrogens is 239 g/mol. The van der Waals surface area contributed by atoms with E-state index in [-0.39, 0.29) is 5.13 Å². The maximum Gasteiger partial charge on any atom is 0.337 e. The lowest BCUT2D eigenvalue weighted by Crippen LogP contribution is -2.59. The number of rotatable bonds is 1. The molecule has 1 aromatic heterocycles. The summed E-state index contributed by atoms with van der Waals surface area (Å²) in [4.78, 5) is 37.7. The summed E-state index contributed by atoms with van der Waals surface area (Å²) >= 11 is 0.772. The first kappa shape index (κ1) is 10.6. The van der Waals surface area contributed by atoms with Crippen LogP contribution in [0.2, 0.25) is 0 Å². The van der Waals surface area contributed by atoms with Gasteiger partial charge in [-0.3, -0.25) is 14.9 Å². The molecule has 1 atom stereocenters. The predicted octanol–water partition coefficient (Wildman–Crippen LogP) is -0.233. The lowest BCUT2D eigenvalue weighted by molar-refractivity contribution is -0.135. The van der Waals surface area contributed by atoms with Gasteiger partial charge in [-0.2, -0.15) is 4.37 Å². The zero-order valence-electron chi connectivity index (χ0n) is 7.93. The number of alkyl halides is 1. The molecule has 1 unspecified atom stereocenters. The van der Waals surface area contributed by atoms with E-state index in [1.807, 2.05) is 0 Å². The lowest BCUT2D eigenvalue weighted by atomic mass is 10.3. The molecule has 1 fully saturated rings. The van der Waals surface area contributed by atoms with Crippen molar-refractivity contribution in [3.05, 3.63) is 5.82 Å². The lowest BCUT2D eigenvalue weighted by Gasteiger charge is -2.23. The highest BCUT2D eigenvalue weighted by Gasteiger charge is 2.43. The largest absolute Gasteiger partial charge is 0.337 e. The van der Waals surface area contributed by atoms with Crippen molar-refractivity contribution in [3.8, 4) is 0 Å². The number of barbiturate groups is 1. The third-order valence-electron chi connectivity index (χ3n) is 1.81. The predicted molar refractivity (Wildman–Crippen MR) is 50.6 cm³/mol. The summed E-state index contributed by atoms with van der Waals surface area (Å²) in [6, 6.07) is -1.01. The number of nitrogens with one attached hydrogen (secondary N) is 1. The maximum absolute atomic E-state index is 13.1. The van der Waals surface area contributed by atoms with Gasteiger partial charge in [-0.25, -0.2) is 19.1 Å². The quantitative estimate of drug-likeness (QED) is 0.689. The minimum atomic E-state index is -2.39. The molecule has 4 amide bonds. The van der Waals surface area contributed by atoms with Crippen LogP contribution in [-0.4, -0.2) is 33.4 Å². The molecular formula is C7H5FN4O3S. The molecule has 7 nitrogen and oxygen atoms in total. The smallest absolute Gasteiger partial charge is 0.274 e. The first-order valence-electron chi connectivity index (χ1n) is 4.14. The second-order valence-electron chi connectivity index (χ2n) is 2.95. The van der Waals surface area contributed by atoms with Crippen LogP contribution in [-0.2, 0) is 9.59 Å². The van der Waals surface area contributed by atoms with Gasteiger partial charge in [0.2, 0.25) is 5.13 Å². The van der Waals surface area contributed by atoms with Gasteiger partial charge in [-0.15, -0.1) is 0 Å². The number of urea groups is 1. The van der Waals surface area contributed by atoms with Gasteiger partial charge in [0.1, 0.15) is 5.82 Å². The van der Waals surface area contributed by atoms with Gasteiger partial charge in [-0.1, -0.05) is 0 Å². The average molecular weight is 244 g/mol. The second kappa shape index (κ2) is 3.59. The zero-order valence-corrected chi connectivity index (χ0v) is 8.75. The summed E-state index contributed by atoms with van der Waals surface area (Å²) in [6.07, 6.45) is -2.39. The van der Waals surface area contributed by atoms with Crippen molar-refractivity contribution >= 4 is 34.5 Å². The first-order valence-corrected chi connectivity index (χ1v) is 4.91. The van der Waals surface area contributed by atoms with Crippen molar-refractivity contribution in [2.75, 3.05) is 4.90 Å². The van der Waals surface area contributed by atoms with Crippen molar-refractivity contribution in [1.82, 2.24) is 14.7 Å². The highest BCUT2D eigenvalue weighted by atomic mass is 32.1. The summed E-state index contributed by atoms with van der Waals surface area (Å²) < 4.78 is 16.8. The molecule has 1 aromatic rings. The third-order valence-corrected chi connectivity index (χ3v) is 2.60. The summed E-state index contributed by atoms with van der Waals surface area (Å²) in [5.74, 6) is -2.15. The molecule has 0 radical (unpaired) electrons. The van der Waals surface area contributed by atoms with Crippen molar-refractivity contribution in [3.63, 3.8) is 0 Å². The van der Waals surface area contributed by atoms with Gasteiger partial charge in [0, 0.05) is 11.5 Å². The van der Waals surface area contributed by atoms with E-state index < -0.39 is 24.0 Å².